The highest BCUT2D eigenvalue weighted by Gasteiger charge is 2.26. The van der Waals surface area contributed by atoms with Gasteiger partial charge in [0, 0.05) is 24.0 Å². The van der Waals surface area contributed by atoms with Crippen molar-refractivity contribution in [2.45, 2.75) is 68.3 Å². The van der Waals surface area contributed by atoms with Crippen molar-refractivity contribution in [2.75, 3.05) is 0 Å². The van der Waals surface area contributed by atoms with E-state index in [9.17, 15) is 4.79 Å². The Balaban J connectivity index is 1.54. The Morgan fingerprint density at radius 2 is 2.05 bits per heavy atom. The minimum Gasteiger partial charge on any atom is -0.339 e. The van der Waals surface area contributed by atoms with Crippen LogP contribution in [0.15, 0.2) is 4.52 Å². The predicted molar refractivity (Wildman–Crippen MR) is 74.1 cm³/mol. The summed E-state index contributed by atoms with van der Waals surface area (Å²) >= 11 is 1.95. The van der Waals surface area contributed by atoms with Gasteiger partial charge in [-0.3, -0.25) is 4.79 Å². The summed E-state index contributed by atoms with van der Waals surface area (Å²) in [5.74, 6) is 2.81. The van der Waals surface area contributed by atoms with E-state index in [4.69, 9.17) is 4.52 Å². The van der Waals surface area contributed by atoms with Gasteiger partial charge in [-0.05, 0) is 25.7 Å². The van der Waals surface area contributed by atoms with Gasteiger partial charge >= 0.3 is 0 Å². The Morgan fingerprint density at radius 1 is 1.21 bits per heavy atom. The number of carbonyl (C=O) groups excluding carboxylic acids is 1. The van der Waals surface area contributed by atoms with E-state index < -0.39 is 0 Å². The monoisotopic (exact) mass is 280 g/mol. The van der Waals surface area contributed by atoms with Gasteiger partial charge in [-0.15, -0.1) is 0 Å². The summed E-state index contributed by atoms with van der Waals surface area (Å²) in [5.41, 5.74) is 0. The van der Waals surface area contributed by atoms with E-state index in [2.05, 4.69) is 10.1 Å². The van der Waals surface area contributed by atoms with E-state index >= 15 is 0 Å². The molecule has 0 N–H and O–H groups in total. The molecule has 2 aliphatic carbocycles. The molecular weight excluding hydrogens is 260 g/mol. The van der Waals surface area contributed by atoms with E-state index in [1.54, 1.807) is 0 Å². The second kappa shape index (κ2) is 6.07. The van der Waals surface area contributed by atoms with Gasteiger partial charge in [-0.2, -0.15) is 16.7 Å². The molecule has 0 radical (unpaired) electrons. The van der Waals surface area contributed by atoms with Crippen molar-refractivity contribution in [1.29, 1.82) is 0 Å². The highest BCUT2D eigenvalue weighted by atomic mass is 32.2. The lowest BCUT2D eigenvalue weighted by Crippen LogP contribution is -2.13. The van der Waals surface area contributed by atoms with Crippen LogP contribution in [0.5, 0.6) is 0 Å². The summed E-state index contributed by atoms with van der Waals surface area (Å²) in [7, 11) is 0. The van der Waals surface area contributed by atoms with Crippen molar-refractivity contribution >= 4 is 17.5 Å². The molecule has 1 atom stereocenters. The quantitative estimate of drug-likeness (QED) is 0.845. The van der Waals surface area contributed by atoms with Crippen LogP contribution in [-0.4, -0.2) is 21.2 Å². The van der Waals surface area contributed by atoms with Crippen LogP contribution in [0.4, 0.5) is 0 Å². The molecule has 1 unspecified atom stereocenters. The number of aromatic nitrogens is 2. The number of rotatable bonds is 4. The summed E-state index contributed by atoms with van der Waals surface area (Å²) in [6.45, 7) is 0. The number of hydrogen-bond acceptors (Lipinski definition) is 5. The van der Waals surface area contributed by atoms with Gasteiger partial charge < -0.3 is 4.52 Å². The molecule has 1 aromatic rings. The average Bonchev–Trinajstić information content (AvgIpc) is 3.08. The summed E-state index contributed by atoms with van der Waals surface area (Å²) in [4.78, 5) is 15.9. The van der Waals surface area contributed by atoms with Gasteiger partial charge in [0.05, 0.1) is 5.75 Å². The Hall–Kier alpha value is -0.840. The zero-order chi connectivity index (χ0) is 13.1. The summed E-state index contributed by atoms with van der Waals surface area (Å²) in [6.07, 6.45) is 8.63. The lowest BCUT2D eigenvalue weighted by Gasteiger charge is -2.16. The molecule has 0 bridgehead atoms. The molecule has 2 saturated carbocycles. The fourth-order valence-electron chi connectivity index (χ4n) is 2.97. The zero-order valence-electron chi connectivity index (χ0n) is 11.1. The first-order valence-electron chi connectivity index (χ1n) is 7.27. The van der Waals surface area contributed by atoms with E-state index in [1.807, 2.05) is 11.8 Å². The number of ketones is 1. The largest absolute Gasteiger partial charge is 0.339 e. The lowest BCUT2D eigenvalue weighted by atomic mass is 9.88. The summed E-state index contributed by atoms with van der Waals surface area (Å²) in [5, 5.41) is 4.84. The maximum atomic E-state index is 11.5. The molecule has 3 rings (SSSR count). The maximum absolute atomic E-state index is 11.5. The van der Waals surface area contributed by atoms with Gasteiger partial charge in [-0.25, -0.2) is 0 Å². The third kappa shape index (κ3) is 3.38. The molecule has 19 heavy (non-hydrogen) atoms. The van der Waals surface area contributed by atoms with Gasteiger partial charge in [0.2, 0.25) is 5.89 Å². The van der Waals surface area contributed by atoms with Gasteiger partial charge in [-0.1, -0.05) is 18.0 Å². The molecule has 2 aliphatic rings. The maximum Gasteiger partial charge on any atom is 0.230 e. The first-order chi connectivity index (χ1) is 9.31. The number of hydrogen-bond donors (Lipinski definition) is 0. The van der Waals surface area contributed by atoms with Crippen LogP contribution in [0.25, 0.3) is 0 Å². The molecule has 1 aromatic heterocycles. The topological polar surface area (TPSA) is 56.0 Å². The summed E-state index contributed by atoms with van der Waals surface area (Å²) < 4.78 is 5.34. The predicted octanol–water partition coefficient (Wildman–Crippen LogP) is 3.47. The van der Waals surface area contributed by atoms with Crippen molar-refractivity contribution in [1.82, 2.24) is 10.1 Å². The normalized spacial score (nSPS) is 25.1. The standard InChI is InChI=1S/C14H20N2O2S/c17-11-5-3-4-10(8-11)14-15-13(16-18-14)9-19-12-6-1-2-7-12/h10,12H,1-9H2. The van der Waals surface area contributed by atoms with Gasteiger partial charge in [0.15, 0.2) is 5.82 Å². The number of Topliss-reactive ketones (excluding diaryl/α,β-unsaturated/α-hetero) is 1. The molecule has 2 fully saturated rings. The van der Waals surface area contributed by atoms with Crippen LogP contribution in [0.3, 0.4) is 0 Å². The fourth-order valence-corrected chi connectivity index (χ4v) is 4.14. The highest BCUT2D eigenvalue weighted by Crippen LogP contribution is 2.32. The Bertz CT molecular complexity index is 440. The minimum absolute atomic E-state index is 0.166. The first-order valence-corrected chi connectivity index (χ1v) is 8.32. The van der Waals surface area contributed by atoms with Crippen LogP contribution in [0.1, 0.15) is 69.0 Å². The highest BCUT2D eigenvalue weighted by molar-refractivity contribution is 7.99. The molecule has 5 heteroatoms. The molecule has 0 aliphatic heterocycles. The number of nitrogens with zero attached hydrogens (tertiary/aromatic N) is 2. The van der Waals surface area contributed by atoms with Crippen molar-refractivity contribution in [3.63, 3.8) is 0 Å². The second-order valence-corrected chi connectivity index (χ2v) is 6.89. The van der Waals surface area contributed by atoms with E-state index in [-0.39, 0.29) is 5.92 Å². The molecule has 1 heterocycles. The van der Waals surface area contributed by atoms with E-state index in [1.165, 1.54) is 25.7 Å². The van der Waals surface area contributed by atoms with Crippen molar-refractivity contribution in [3.8, 4) is 0 Å². The molecule has 104 valence electrons. The van der Waals surface area contributed by atoms with E-state index in [0.717, 1.165) is 36.1 Å². The number of thioether (sulfide) groups is 1. The average molecular weight is 280 g/mol. The Morgan fingerprint density at radius 3 is 2.84 bits per heavy atom. The molecule has 0 spiro atoms. The molecular formula is C14H20N2O2S. The lowest BCUT2D eigenvalue weighted by molar-refractivity contribution is -0.120. The molecule has 0 aromatic carbocycles. The smallest absolute Gasteiger partial charge is 0.230 e. The third-order valence-electron chi connectivity index (χ3n) is 4.07. The zero-order valence-corrected chi connectivity index (χ0v) is 12.0. The van der Waals surface area contributed by atoms with Gasteiger partial charge in [0.25, 0.3) is 0 Å². The van der Waals surface area contributed by atoms with Crippen LogP contribution >= 0.6 is 11.8 Å². The van der Waals surface area contributed by atoms with Crippen molar-refractivity contribution in [3.05, 3.63) is 11.7 Å². The third-order valence-corrected chi connectivity index (χ3v) is 5.43. The fraction of sp³-hybridized carbons (Fsp3) is 0.786. The van der Waals surface area contributed by atoms with Gasteiger partial charge in [0.1, 0.15) is 5.78 Å². The van der Waals surface area contributed by atoms with Crippen LogP contribution < -0.4 is 0 Å². The first kappa shape index (κ1) is 13.2. The Labute approximate surface area is 117 Å². The number of carbonyl (C=O) groups is 1. The van der Waals surface area contributed by atoms with Crippen molar-refractivity contribution < 1.29 is 9.32 Å². The van der Waals surface area contributed by atoms with Crippen molar-refractivity contribution in [2.24, 2.45) is 0 Å². The minimum atomic E-state index is 0.166. The Kier molecular flexibility index (Phi) is 4.21. The summed E-state index contributed by atoms with van der Waals surface area (Å²) in [6, 6.07) is 0. The van der Waals surface area contributed by atoms with Crippen LogP contribution in [-0.2, 0) is 10.5 Å². The molecule has 0 amide bonds. The SMILES string of the molecule is O=C1CCCC(c2nc(CSC3CCCC3)no2)C1. The van der Waals surface area contributed by atoms with E-state index in [0.29, 0.717) is 18.1 Å². The van der Waals surface area contributed by atoms with Crippen LogP contribution in [0, 0.1) is 0 Å². The molecule has 0 saturated heterocycles. The molecule has 4 nitrogen and oxygen atoms in total. The van der Waals surface area contributed by atoms with Crippen LogP contribution in [0.2, 0.25) is 0 Å². The second-order valence-electron chi connectivity index (χ2n) is 5.60.